The van der Waals surface area contributed by atoms with Gasteiger partial charge in [-0.25, -0.2) is 13.2 Å². The molecular formula is C20H28O5S. The Morgan fingerprint density at radius 3 is 2.27 bits per heavy atom. The molecule has 0 spiro atoms. The molecule has 0 heterocycles. The Kier molecular flexibility index (Phi) is 7.41. The molecule has 5 nitrogen and oxygen atoms in total. The van der Waals surface area contributed by atoms with Gasteiger partial charge in [-0.15, -0.1) is 0 Å². The summed E-state index contributed by atoms with van der Waals surface area (Å²) in [6, 6.07) is 6.68. The summed E-state index contributed by atoms with van der Waals surface area (Å²) in [6.45, 7) is 1.90. The van der Waals surface area contributed by atoms with Crippen LogP contribution in [0.3, 0.4) is 0 Å². The number of carbonyl (C=O) groups is 1. The first-order valence-electron chi connectivity index (χ1n) is 9.20. The third-order valence-corrected chi connectivity index (χ3v) is 5.94. The molecule has 144 valence electrons. The number of hydrogen-bond donors (Lipinski definition) is 1. The lowest BCUT2D eigenvalue weighted by molar-refractivity contribution is -0.138. The normalized spacial score (nSPS) is 16.9. The fourth-order valence-electron chi connectivity index (χ4n) is 3.61. The number of aliphatic hydroxyl groups excluding tert-OH is 1. The van der Waals surface area contributed by atoms with E-state index in [1.165, 1.54) is 12.7 Å². The van der Waals surface area contributed by atoms with Crippen molar-refractivity contribution in [2.45, 2.75) is 50.3 Å². The number of sulfone groups is 1. The maximum Gasteiger partial charge on any atom is 0.334 e. The van der Waals surface area contributed by atoms with E-state index in [1.807, 2.05) is 0 Å². The monoisotopic (exact) mass is 380 g/mol. The second-order valence-corrected chi connectivity index (χ2v) is 8.73. The van der Waals surface area contributed by atoms with Crippen molar-refractivity contribution in [3.63, 3.8) is 0 Å². The average Bonchev–Trinajstić information content (AvgIpc) is 2.62. The highest BCUT2D eigenvalue weighted by atomic mass is 32.2. The van der Waals surface area contributed by atoms with Gasteiger partial charge < -0.3 is 9.84 Å². The van der Waals surface area contributed by atoms with Gasteiger partial charge in [-0.1, -0.05) is 31.4 Å². The number of aliphatic hydroxyl groups is 1. The minimum atomic E-state index is -3.27. The summed E-state index contributed by atoms with van der Waals surface area (Å²) >= 11 is 0. The van der Waals surface area contributed by atoms with E-state index in [0.29, 0.717) is 5.57 Å². The van der Waals surface area contributed by atoms with Gasteiger partial charge in [0.1, 0.15) is 0 Å². The highest BCUT2D eigenvalue weighted by molar-refractivity contribution is 7.90. The molecule has 1 aromatic carbocycles. The first-order valence-corrected chi connectivity index (χ1v) is 11.1. The highest BCUT2D eigenvalue weighted by Gasteiger charge is 2.26. The van der Waals surface area contributed by atoms with Crippen LogP contribution < -0.4 is 0 Å². The summed E-state index contributed by atoms with van der Waals surface area (Å²) in [6.07, 6.45) is 6.77. The lowest BCUT2D eigenvalue weighted by atomic mass is 9.78. The van der Waals surface area contributed by atoms with E-state index in [1.54, 1.807) is 31.2 Å². The molecule has 0 aliphatic heterocycles. The van der Waals surface area contributed by atoms with Gasteiger partial charge in [-0.05, 0) is 49.0 Å². The van der Waals surface area contributed by atoms with E-state index in [9.17, 15) is 18.3 Å². The average molecular weight is 381 g/mol. The Labute approximate surface area is 156 Å². The fraction of sp³-hybridized carbons (Fsp3) is 0.550. The summed E-state index contributed by atoms with van der Waals surface area (Å²) in [7, 11) is -3.27. The fourth-order valence-corrected chi connectivity index (χ4v) is 4.24. The third kappa shape index (κ3) is 5.17. The van der Waals surface area contributed by atoms with E-state index >= 15 is 0 Å². The van der Waals surface area contributed by atoms with Crippen molar-refractivity contribution < 1.29 is 23.1 Å². The molecule has 1 aliphatic carbocycles. The van der Waals surface area contributed by atoms with Gasteiger partial charge in [0.2, 0.25) is 0 Å². The SMILES string of the molecule is CCOC(=O)C(CCO)=C(c1ccc(S(C)(=O)=O)cc1)C1CCCCC1. The number of ether oxygens (including phenoxy) is 1. The number of rotatable bonds is 7. The minimum absolute atomic E-state index is 0.133. The molecule has 0 unspecified atom stereocenters. The van der Waals surface area contributed by atoms with E-state index in [-0.39, 0.29) is 30.4 Å². The number of allylic oxidation sites excluding steroid dienone is 1. The summed E-state index contributed by atoms with van der Waals surface area (Å²) in [5.41, 5.74) is 2.24. The third-order valence-electron chi connectivity index (χ3n) is 4.82. The topological polar surface area (TPSA) is 80.7 Å². The molecule has 0 atom stereocenters. The standard InChI is InChI=1S/C20H28O5S/c1-3-25-20(22)18(13-14-21)19(15-7-5-4-6-8-15)16-9-11-17(12-10-16)26(2,23)24/h9-12,15,21H,3-8,13-14H2,1-2H3. The minimum Gasteiger partial charge on any atom is -0.463 e. The number of esters is 1. The van der Waals surface area contributed by atoms with Crippen LogP contribution in [0.25, 0.3) is 5.57 Å². The molecule has 2 rings (SSSR count). The molecule has 0 aromatic heterocycles. The van der Waals surface area contributed by atoms with Crippen LogP contribution in [0.2, 0.25) is 0 Å². The number of carbonyl (C=O) groups excluding carboxylic acids is 1. The second-order valence-electron chi connectivity index (χ2n) is 6.72. The Hall–Kier alpha value is -1.66. The quantitative estimate of drug-likeness (QED) is 0.579. The first-order chi connectivity index (χ1) is 12.4. The Bertz CT molecular complexity index is 741. The predicted molar refractivity (Wildman–Crippen MR) is 101 cm³/mol. The van der Waals surface area contributed by atoms with Gasteiger partial charge in [-0.3, -0.25) is 0 Å². The van der Waals surface area contributed by atoms with Crippen molar-refractivity contribution in [3.8, 4) is 0 Å². The van der Waals surface area contributed by atoms with Crippen LogP contribution in [-0.4, -0.2) is 39.0 Å². The van der Waals surface area contributed by atoms with Crippen molar-refractivity contribution in [1.82, 2.24) is 0 Å². The van der Waals surface area contributed by atoms with E-state index in [2.05, 4.69) is 0 Å². The van der Waals surface area contributed by atoms with Gasteiger partial charge in [-0.2, -0.15) is 0 Å². The van der Waals surface area contributed by atoms with Crippen molar-refractivity contribution >= 4 is 21.4 Å². The maximum atomic E-state index is 12.5. The van der Waals surface area contributed by atoms with Crippen molar-refractivity contribution in [2.24, 2.45) is 5.92 Å². The highest BCUT2D eigenvalue weighted by Crippen LogP contribution is 2.38. The van der Waals surface area contributed by atoms with E-state index < -0.39 is 15.8 Å². The van der Waals surface area contributed by atoms with Crippen LogP contribution in [0.4, 0.5) is 0 Å². The molecular weight excluding hydrogens is 352 g/mol. The smallest absolute Gasteiger partial charge is 0.334 e. The van der Waals surface area contributed by atoms with E-state index in [0.717, 1.165) is 36.8 Å². The lowest BCUT2D eigenvalue weighted by Gasteiger charge is -2.27. The van der Waals surface area contributed by atoms with E-state index in [4.69, 9.17) is 4.74 Å². The number of benzene rings is 1. The molecule has 1 fully saturated rings. The Morgan fingerprint density at radius 1 is 1.15 bits per heavy atom. The zero-order valence-electron chi connectivity index (χ0n) is 15.5. The van der Waals surface area contributed by atoms with Crippen LogP contribution >= 0.6 is 0 Å². The zero-order valence-corrected chi connectivity index (χ0v) is 16.3. The van der Waals surface area contributed by atoms with Crippen LogP contribution in [0.5, 0.6) is 0 Å². The first kappa shape index (κ1) is 20.6. The van der Waals surface area contributed by atoms with Crippen LogP contribution in [0.1, 0.15) is 51.0 Å². The molecule has 0 amide bonds. The largest absolute Gasteiger partial charge is 0.463 e. The molecule has 1 aromatic rings. The van der Waals surface area contributed by atoms with Crippen LogP contribution in [0, 0.1) is 5.92 Å². The van der Waals surface area contributed by atoms with Crippen molar-refractivity contribution in [2.75, 3.05) is 19.5 Å². The number of hydrogen-bond acceptors (Lipinski definition) is 5. The lowest BCUT2D eigenvalue weighted by Crippen LogP contribution is -2.17. The molecule has 26 heavy (non-hydrogen) atoms. The van der Waals surface area contributed by atoms with Gasteiger partial charge in [0, 0.05) is 24.9 Å². The predicted octanol–water partition coefficient (Wildman–Crippen LogP) is 3.37. The summed E-state index contributed by atoms with van der Waals surface area (Å²) < 4.78 is 28.7. The molecule has 0 saturated heterocycles. The summed E-state index contributed by atoms with van der Waals surface area (Å²) in [5, 5.41) is 9.48. The Balaban J connectivity index is 2.54. The molecule has 1 aliphatic rings. The second kappa shape index (κ2) is 9.33. The van der Waals surface area contributed by atoms with Gasteiger partial charge >= 0.3 is 5.97 Å². The van der Waals surface area contributed by atoms with Crippen LogP contribution in [-0.2, 0) is 19.4 Å². The van der Waals surface area contributed by atoms with Crippen LogP contribution in [0.15, 0.2) is 34.7 Å². The molecule has 0 bridgehead atoms. The summed E-state index contributed by atoms with van der Waals surface area (Å²) in [4.78, 5) is 12.8. The molecule has 6 heteroatoms. The zero-order chi connectivity index (χ0) is 19.2. The molecule has 0 radical (unpaired) electrons. The summed E-state index contributed by atoms with van der Waals surface area (Å²) in [5.74, 6) is -0.173. The Morgan fingerprint density at radius 2 is 1.77 bits per heavy atom. The van der Waals surface area contributed by atoms with Crippen molar-refractivity contribution in [3.05, 3.63) is 35.4 Å². The van der Waals surface area contributed by atoms with Gasteiger partial charge in [0.25, 0.3) is 0 Å². The maximum absolute atomic E-state index is 12.5. The molecule has 1 saturated carbocycles. The van der Waals surface area contributed by atoms with Gasteiger partial charge in [0.15, 0.2) is 9.84 Å². The van der Waals surface area contributed by atoms with Gasteiger partial charge in [0.05, 0.1) is 11.5 Å². The molecule has 1 N–H and O–H groups in total. The van der Waals surface area contributed by atoms with Crippen molar-refractivity contribution in [1.29, 1.82) is 0 Å².